The zero-order valence-electron chi connectivity index (χ0n) is 9.91. The second kappa shape index (κ2) is 8.53. The van der Waals surface area contributed by atoms with Crippen LogP contribution in [0.15, 0.2) is 0 Å². The van der Waals surface area contributed by atoms with Crippen LogP contribution in [-0.4, -0.2) is 37.4 Å². The summed E-state index contributed by atoms with van der Waals surface area (Å²) in [4.78, 5) is 11.7. The zero-order chi connectivity index (χ0) is 11.6. The lowest BCUT2D eigenvalue weighted by Crippen LogP contribution is -2.36. The van der Waals surface area contributed by atoms with Gasteiger partial charge in [-0.2, -0.15) is 0 Å². The molecule has 1 rings (SSSR count). The highest BCUT2D eigenvalue weighted by Crippen LogP contribution is 2.13. The molecule has 0 radical (unpaired) electrons. The molecule has 1 amide bonds. The Kier molecular flexibility index (Phi) is 7.17. The molecule has 2 N–H and O–H groups in total. The van der Waals surface area contributed by atoms with Gasteiger partial charge in [-0.15, -0.1) is 0 Å². The highest BCUT2D eigenvalue weighted by molar-refractivity contribution is 5.78. The minimum atomic E-state index is 0.0613. The fraction of sp³-hybridized carbons (Fsp3) is 0.917. The molecule has 1 atom stereocenters. The topological polar surface area (TPSA) is 58.6 Å². The van der Waals surface area contributed by atoms with E-state index in [1.54, 1.807) is 0 Å². The standard InChI is InChI=1S/C12H23NO3/c14-8-4-2-1-3-7-13-12(15)11-6-5-9-16-10-11/h11,14H,1-10H2,(H,13,15). The summed E-state index contributed by atoms with van der Waals surface area (Å²) in [5.41, 5.74) is 0. The first kappa shape index (κ1) is 13.5. The van der Waals surface area contributed by atoms with Crippen LogP contribution in [-0.2, 0) is 9.53 Å². The maximum absolute atomic E-state index is 11.7. The number of nitrogens with one attached hydrogen (secondary N) is 1. The van der Waals surface area contributed by atoms with E-state index in [9.17, 15) is 4.79 Å². The van der Waals surface area contributed by atoms with E-state index in [0.29, 0.717) is 6.61 Å². The molecular weight excluding hydrogens is 206 g/mol. The van der Waals surface area contributed by atoms with Crippen LogP contribution in [0.3, 0.4) is 0 Å². The van der Waals surface area contributed by atoms with E-state index in [-0.39, 0.29) is 18.4 Å². The molecule has 1 unspecified atom stereocenters. The van der Waals surface area contributed by atoms with Crippen molar-refractivity contribution in [3.05, 3.63) is 0 Å². The molecule has 0 aromatic rings. The molecule has 0 saturated carbocycles. The number of carbonyl (C=O) groups excluding carboxylic acids is 1. The molecule has 1 heterocycles. The van der Waals surface area contributed by atoms with E-state index >= 15 is 0 Å². The van der Waals surface area contributed by atoms with Crippen molar-refractivity contribution in [3.8, 4) is 0 Å². The fourth-order valence-corrected chi connectivity index (χ4v) is 1.89. The molecule has 1 fully saturated rings. The molecule has 1 aliphatic heterocycles. The van der Waals surface area contributed by atoms with Crippen LogP contribution in [0.25, 0.3) is 0 Å². The smallest absolute Gasteiger partial charge is 0.225 e. The van der Waals surface area contributed by atoms with Crippen molar-refractivity contribution in [2.24, 2.45) is 5.92 Å². The number of unbranched alkanes of at least 4 members (excludes halogenated alkanes) is 3. The highest BCUT2D eigenvalue weighted by Gasteiger charge is 2.20. The third kappa shape index (κ3) is 5.47. The summed E-state index contributed by atoms with van der Waals surface area (Å²) in [5, 5.41) is 11.5. The van der Waals surface area contributed by atoms with Gasteiger partial charge in [0.1, 0.15) is 0 Å². The minimum Gasteiger partial charge on any atom is -0.396 e. The quantitative estimate of drug-likeness (QED) is 0.642. The summed E-state index contributed by atoms with van der Waals surface area (Å²) >= 11 is 0. The van der Waals surface area contributed by atoms with Crippen LogP contribution in [0.1, 0.15) is 38.5 Å². The largest absolute Gasteiger partial charge is 0.396 e. The van der Waals surface area contributed by atoms with Crippen molar-refractivity contribution in [1.29, 1.82) is 0 Å². The van der Waals surface area contributed by atoms with Crippen LogP contribution >= 0.6 is 0 Å². The number of rotatable bonds is 7. The summed E-state index contributed by atoms with van der Waals surface area (Å²) in [7, 11) is 0. The first-order valence-electron chi connectivity index (χ1n) is 6.31. The van der Waals surface area contributed by atoms with Crippen molar-refractivity contribution in [2.45, 2.75) is 38.5 Å². The number of ether oxygens (including phenoxy) is 1. The van der Waals surface area contributed by atoms with E-state index in [2.05, 4.69) is 5.32 Å². The summed E-state index contributed by atoms with van der Waals surface area (Å²) in [5.74, 6) is 0.202. The number of amides is 1. The molecule has 0 aliphatic carbocycles. The molecule has 0 aromatic carbocycles. The van der Waals surface area contributed by atoms with Gasteiger partial charge in [0.15, 0.2) is 0 Å². The predicted octanol–water partition coefficient (Wildman–Crippen LogP) is 1.08. The number of aliphatic hydroxyl groups is 1. The predicted molar refractivity (Wildman–Crippen MR) is 62.1 cm³/mol. The Hall–Kier alpha value is -0.610. The average Bonchev–Trinajstić information content (AvgIpc) is 2.34. The van der Waals surface area contributed by atoms with Crippen LogP contribution in [0.5, 0.6) is 0 Å². The zero-order valence-corrected chi connectivity index (χ0v) is 9.91. The monoisotopic (exact) mass is 229 g/mol. The third-order valence-corrected chi connectivity index (χ3v) is 2.92. The van der Waals surface area contributed by atoms with E-state index in [4.69, 9.17) is 9.84 Å². The number of hydrogen-bond donors (Lipinski definition) is 2. The van der Waals surface area contributed by atoms with E-state index in [1.165, 1.54) is 0 Å². The lowest BCUT2D eigenvalue weighted by molar-refractivity contribution is -0.128. The Labute approximate surface area is 97.4 Å². The van der Waals surface area contributed by atoms with Gasteiger partial charge in [0.25, 0.3) is 0 Å². The SMILES string of the molecule is O=C(NCCCCCCO)C1CCCOC1. The Morgan fingerprint density at radius 1 is 1.31 bits per heavy atom. The fourth-order valence-electron chi connectivity index (χ4n) is 1.89. The molecule has 1 aliphatic rings. The van der Waals surface area contributed by atoms with E-state index < -0.39 is 0 Å². The lowest BCUT2D eigenvalue weighted by atomic mass is 10.0. The summed E-state index contributed by atoms with van der Waals surface area (Å²) in [6.07, 6.45) is 5.93. The summed E-state index contributed by atoms with van der Waals surface area (Å²) < 4.78 is 5.27. The van der Waals surface area contributed by atoms with Crippen molar-refractivity contribution in [1.82, 2.24) is 5.32 Å². The van der Waals surface area contributed by atoms with Gasteiger partial charge in [0, 0.05) is 19.8 Å². The number of carbonyl (C=O) groups is 1. The first-order chi connectivity index (χ1) is 7.84. The van der Waals surface area contributed by atoms with Gasteiger partial charge in [-0.1, -0.05) is 12.8 Å². The molecule has 0 bridgehead atoms. The van der Waals surface area contributed by atoms with Gasteiger partial charge in [-0.25, -0.2) is 0 Å². The van der Waals surface area contributed by atoms with Gasteiger partial charge >= 0.3 is 0 Å². The normalized spacial score (nSPS) is 20.7. The van der Waals surface area contributed by atoms with Crippen molar-refractivity contribution < 1.29 is 14.6 Å². The van der Waals surface area contributed by atoms with Gasteiger partial charge in [-0.3, -0.25) is 4.79 Å². The van der Waals surface area contributed by atoms with Gasteiger partial charge < -0.3 is 15.2 Å². The van der Waals surface area contributed by atoms with E-state index in [0.717, 1.165) is 51.7 Å². The molecule has 16 heavy (non-hydrogen) atoms. The van der Waals surface area contributed by atoms with Crippen LogP contribution in [0, 0.1) is 5.92 Å². The molecule has 94 valence electrons. The third-order valence-electron chi connectivity index (χ3n) is 2.92. The van der Waals surface area contributed by atoms with Crippen molar-refractivity contribution >= 4 is 5.91 Å². The highest BCUT2D eigenvalue weighted by atomic mass is 16.5. The molecule has 0 aromatic heterocycles. The Morgan fingerprint density at radius 3 is 2.81 bits per heavy atom. The van der Waals surface area contributed by atoms with Crippen LogP contribution in [0.2, 0.25) is 0 Å². The van der Waals surface area contributed by atoms with Crippen molar-refractivity contribution in [3.63, 3.8) is 0 Å². The minimum absolute atomic E-state index is 0.0613. The molecule has 0 spiro atoms. The molecule has 4 heteroatoms. The van der Waals surface area contributed by atoms with Crippen LogP contribution < -0.4 is 5.32 Å². The van der Waals surface area contributed by atoms with Gasteiger partial charge in [0.2, 0.25) is 5.91 Å². The van der Waals surface area contributed by atoms with Crippen LogP contribution in [0.4, 0.5) is 0 Å². The maximum atomic E-state index is 11.7. The Bertz CT molecular complexity index is 191. The molecular formula is C12H23NO3. The van der Waals surface area contributed by atoms with Gasteiger partial charge in [0.05, 0.1) is 12.5 Å². The Balaban J connectivity index is 1.97. The second-order valence-corrected chi connectivity index (χ2v) is 4.34. The number of hydrogen-bond acceptors (Lipinski definition) is 3. The maximum Gasteiger partial charge on any atom is 0.225 e. The summed E-state index contributed by atoms with van der Waals surface area (Å²) in [6.45, 7) is 2.40. The summed E-state index contributed by atoms with van der Waals surface area (Å²) in [6, 6.07) is 0. The van der Waals surface area contributed by atoms with E-state index in [1.807, 2.05) is 0 Å². The van der Waals surface area contributed by atoms with Crippen molar-refractivity contribution in [2.75, 3.05) is 26.4 Å². The Morgan fingerprint density at radius 2 is 2.12 bits per heavy atom. The number of aliphatic hydroxyl groups excluding tert-OH is 1. The average molecular weight is 229 g/mol. The van der Waals surface area contributed by atoms with Gasteiger partial charge in [-0.05, 0) is 25.7 Å². The second-order valence-electron chi connectivity index (χ2n) is 4.34. The molecule has 1 saturated heterocycles. The first-order valence-corrected chi connectivity index (χ1v) is 6.31. The lowest BCUT2D eigenvalue weighted by Gasteiger charge is -2.21. The molecule has 4 nitrogen and oxygen atoms in total.